The minimum atomic E-state index is -1.33. The number of fused-ring (bicyclic) bond motifs is 1. The van der Waals surface area contributed by atoms with Crippen LogP contribution in [-0.4, -0.2) is 12.6 Å². The van der Waals surface area contributed by atoms with E-state index >= 15 is 0 Å². The lowest BCUT2D eigenvalue weighted by Gasteiger charge is -2.32. The van der Waals surface area contributed by atoms with Crippen LogP contribution in [0.5, 0.6) is 0 Å². The predicted octanol–water partition coefficient (Wildman–Crippen LogP) is 5.47. The number of nitrogens with zero attached hydrogens (tertiary/aromatic N) is 1. The summed E-state index contributed by atoms with van der Waals surface area (Å²) in [6, 6.07) is 16.5. The van der Waals surface area contributed by atoms with Crippen LogP contribution in [0.2, 0.25) is 18.1 Å². The van der Waals surface area contributed by atoms with Crippen molar-refractivity contribution >= 4 is 24.3 Å². The third-order valence-electron chi connectivity index (χ3n) is 6.01. The molecule has 114 valence electrons. The van der Waals surface area contributed by atoms with E-state index in [9.17, 15) is 0 Å². The second-order valence-electron chi connectivity index (χ2n) is 6.74. The van der Waals surface area contributed by atoms with E-state index in [0.29, 0.717) is 0 Å². The molecule has 0 radical (unpaired) electrons. The Balaban J connectivity index is 2.23. The van der Waals surface area contributed by atoms with Crippen molar-refractivity contribution in [1.29, 1.82) is 0 Å². The normalized spacial score (nSPS) is 16.9. The van der Waals surface area contributed by atoms with Crippen molar-refractivity contribution in [2.24, 2.45) is 0 Å². The average molecular weight is 300 g/mol. The van der Waals surface area contributed by atoms with Gasteiger partial charge in [0.25, 0.3) is 0 Å². The number of benzene rings is 1. The Morgan fingerprint density at radius 2 is 1.62 bits per heavy atom. The molecule has 0 saturated heterocycles. The van der Waals surface area contributed by atoms with E-state index in [-0.39, 0.29) is 0 Å². The molecule has 0 aliphatic heterocycles. The van der Waals surface area contributed by atoms with Crippen LogP contribution in [-0.2, 0) is 0 Å². The molecule has 1 nitrogen and oxygen atoms in total. The van der Waals surface area contributed by atoms with Crippen LogP contribution in [0, 0.1) is 0 Å². The molecule has 0 atom stereocenters. The average Bonchev–Trinajstić information content (AvgIpc) is 3.16. The fraction of sp³-hybridized carbons (Fsp3) is 0.579. The van der Waals surface area contributed by atoms with Gasteiger partial charge in [0.2, 0.25) is 0 Å². The topological polar surface area (TPSA) is 4.93 Å². The molecule has 0 bridgehead atoms. The van der Waals surface area contributed by atoms with Crippen LogP contribution in [0.4, 0.5) is 0 Å². The predicted molar refractivity (Wildman–Crippen MR) is 96.3 cm³/mol. The van der Waals surface area contributed by atoms with E-state index < -0.39 is 8.07 Å². The molecule has 1 heterocycles. The molecule has 1 fully saturated rings. The third kappa shape index (κ3) is 2.38. The lowest BCUT2D eigenvalue weighted by molar-refractivity contribution is 0.544. The molecule has 1 saturated carbocycles. The van der Waals surface area contributed by atoms with Crippen molar-refractivity contribution in [2.45, 2.75) is 70.6 Å². The summed E-state index contributed by atoms with van der Waals surface area (Å²) in [7, 11) is -1.33. The SMILES string of the molecule is CC[Si](CC)(CC)c1cc2ccccc2n1C1CCCC1. The zero-order chi connectivity index (χ0) is 14.9. The number of aromatic nitrogens is 1. The lowest BCUT2D eigenvalue weighted by Crippen LogP contribution is -2.50. The summed E-state index contributed by atoms with van der Waals surface area (Å²) in [5, 5.41) is 3.20. The van der Waals surface area contributed by atoms with Gasteiger partial charge in [-0.2, -0.15) is 0 Å². The lowest BCUT2D eigenvalue weighted by atomic mass is 10.2. The Bertz CT molecular complexity index is 595. The molecule has 0 N–H and O–H groups in total. The van der Waals surface area contributed by atoms with Crippen LogP contribution in [0.1, 0.15) is 52.5 Å². The Kier molecular flexibility index (Phi) is 4.25. The number of hydrogen-bond donors (Lipinski definition) is 0. The maximum Gasteiger partial charge on any atom is 0.107 e. The van der Waals surface area contributed by atoms with Crippen molar-refractivity contribution in [1.82, 2.24) is 4.57 Å². The first-order valence-electron chi connectivity index (χ1n) is 8.86. The van der Waals surface area contributed by atoms with Crippen LogP contribution in [0.15, 0.2) is 30.3 Å². The summed E-state index contributed by atoms with van der Waals surface area (Å²) >= 11 is 0. The van der Waals surface area contributed by atoms with E-state index in [1.807, 2.05) is 0 Å². The Hall–Kier alpha value is -1.02. The summed E-state index contributed by atoms with van der Waals surface area (Å²) < 4.78 is 2.78. The minimum absolute atomic E-state index is 0.761. The summed E-state index contributed by atoms with van der Waals surface area (Å²) in [5.74, 6) is 0. The molecule has 2 heteroatoms. The molecule has 0 amide bonds. The first-order chi connectivity index (χ1) is 10.3. The largest absolute Gasteiger partial charge is 0.345 e. The Morgan fingerprint density at radius 3 is 2.24 bits per heavy atom. The highest BCUT2D eigenvalue weighted by atomic mass is 28.3. The van der Waals surface area contributed by atoms with E-state index in [1.54, 1.807) is 5.32 Å². The standard InChI is InChI=1S/C19H29NSi/c1-4-21(5-2,6-3)19-15-16-11-7-10-14-18(16)20(19)17-12-8-9-13-17/h7,10-11,14-15,17H,4-6,8-9,12-13H2,1-3H3. The molecule has 2 aromatic rings. The highest BCUT2D eigenvalue weighted by molar-refractivity contribution is 6.91. The molecular formula is C19H29NSi. The van der Waals surface area contributed by atoms with E-state index in [1.165, 1.54) is 54.7 Å². The molecule has 1 aliphatic rings. The van der Waals surface area contributed by atoms with Gasteiger partial charge in [0, 0.05) is 16.9 Å². The van der Waals surface area contributed by atoms with Gasteiger partial charge in [-0.3, -0.25) is 0 Å². The van der Waals surface area contributed by atoms with Crippen molar-refractivity contribution in [3.8, 4) is 0 Å². The minimum Gasteiger partial charge on any atom is -0.345 e. The van der Waals surface area contributed by atoms with Gasteiger partial charge in [-0.25, -0.2) is 0 Å². The second-order valence-corrected chi connectivity index (χ2v) is 11.9. The highest BCUT2D eigenvalue weighted by Gasteiger charge is 2.35. The van der Waals surface area contributed by atoms with Crippen LogP contribution in [0.3, 0.4) is 0 Å². The quantitative estimate of drug-likeness (QED) is 0.645. The van der Waals surface area contributed by atoms with Gasteiger partial charge in [-0.15, -0.1) is 0 Å². The highest BCUT2D eigenvalue weighted by Crippen LogP contribution is 2.34. The molecule has 1 aromatic carbocycles. The zero-order valence-electron chi connectivity index (χ0n) is 13.9. The van der Waals surface area contributed by atoms with Gasteiger partial charge in [-0.1, -0.05) is 69.9 Å². The van der Waals surface area contributed by atoms with Gasteiger partial charge in [-0.05, 0) is 30.4 Å². The molecule has 21 heavy (non-hydrogen) atoms. The smallest absolute Gasteiger partial charge is 0.107 e. The van der Waals surface area contributed by atoms with E-state index in [4.69, 9.17) is 0 Å². The maximum atomic E-state index is 2.78. The van der Waals surface area contributed by atoms with E-state index in [0.717, 1.165) is 6.04 Å². The van der Waals surface area contributed by atoms with Gasteiger partial charge in [0.1, 0.15) is 8.07 Å². The molecule has 0 spiro atoms. The van der Waals surface area contributed by atoms with E-state index in [2.05, 4.69) is 55.7 Å². The van der Waals surface area contributed by atoms with Gasteiger partial charge in [0.15, 0.2) is 0 Å². The second kappa shape index (κ2) is 6.00. The molecule has 1 aromatic heterocycles. The van der Waals surface area contributed by atoms with Crippen molar-refractivity contribution in [3.05, 3.63) is 30.3 Å². The molecule has 3 rings (SSSR count). The van der Waals surface area contributed by atoms with Crippen LogP contribution >= 0.6 is 0 Å². The number of para-hydroxylation sites is 1. The molecule has 0 unspecified atom stereocenters. The molecule has 1 aliphatic carbocycles. The van der Waals surface area contributed by atoms with Crippen molar-refractivity contribution < 1.29 is 0 Å². The summed E-state index contributed by atoms with van der Waals surface area (Å²) in [5.41, 5.74) is 1.49. The summed E-state index contributed by atoms with van der Waals surface area (Å²) in [4.78, 5) is 0. The Labute approximate surface area is 130 Å². The first-order valence-corrected chi connectivity index (χ1v) is 11.5. The van der Waals surface area contributed by atoms with Gasteiger partial charge < -0.3 is 4.57 Å². The summed E-state index contributed by atoms with van der Waals surface area (Å²) in [6.45, 7) is 7.28. The maximum absolute atomic E-state index is 2.78. The van der Waals surface area contributed by atoms with Crippen molar-refractivity contribution in [2.75, 3.05) is 0 Å². The van der Waals surface area contributed by atoms with Crippen LogP contribution in [0.25, 0.3) is 10.9 Å². The Morgan fingerprint density at radius 1 is 1.00 bits per heavy atom. The van der Waals surface area contributed by atoms with Crippen LogP contribution < -0.4 is 5.32 Å². The fourth-order valence-electron chi connectivity index (χ4n) is 4.43. The number of rotatable bonds is 5. The first kappa shape index (κ1) is 14.9. The van der Waals surface area contributed by atoms with Gasteiger partial charge in [0.05, 0.1) is 0 Å². The van der Waals surface area contributed by atoms with Gasteiger partial charge >= 0.3 is 0 Å². The molecular weight excluding hydrogens is 270 g/mol. The zero-order valence-corrected chi connectivity index (χ0v) is 14.9. The van der Waals surface area contributed by atoms with Crippen molar-refractivity contribution in [3.63, 3.8) is 0 Å². The summed E-state index contributed by atoms with van der Waals surface area (Å²) in [6.07, 6.45) is 5.59. The fourth-order valence-corrected chi connectivity index (χ4v) is 8.30. The number of hydrogen-bond acceptors (Lipinski definition) is 0. The third-order valence-corrected chi connectivity index (χ3v) is 11.5. The monoisotopic (exact) mass is 299 g/mol.